The molecule has 3 aromatic carbocycles. The van der Waals surface area contributed by atoms with Crippen LogP contribution in [0.5, 0.6) is 0 Å². The zero-order chi connectivity index (χ0) is 22.9. The van der Waals surface area contributed by atoms with E-state index >= 15 is 0 Å². The average Bonchev–Trinajstić information content (AvgIpc) is 3.37. The van der Waals surface area contributed by atoms with E-state index in [1.165, 1.54) is 5.56 Å². The highest BCUT2D eigenvalue weighted by molar-refractivity contribution is 7.99. The fraction of sp³-hybridized carbons (Fsp3) is 0.148. The molecule has 6 heteroatoms. The van der Waals surface area contributed by atoms with Gasteiger partial charge in [-0.1, -0.05) is 60.7 Å². The molecule has 0 spiro atoms. The number of carbonyl (C=O) groups excluding carboxylic acids is 1. The molecular formula is C27H24N4OS. The second kappa shape index (κ2) is 11.2. The van der Waals surface area contributed by atoms with Crippen molar-refractivity contribution in [2.75, 3.05) is 5.75 Å². The van der Waals surface area contributed by atoms with Crippen LogP contribution in [0.1, 0.15) is 22.3 Å². The van der Waals surface area contributed by atoms with Crippen LogP contribution in [0, 0.1) is 11.3 Å². The molecule has 0 bridgehead atoms. The van der Waals surface area contributed by atoms with E-state index in [2.05, 4.69) is 52.9 Å². The van der Waals surface area contributed by atoms with E-state index in [4.69, 9.17) is 5.26 Å². The summed E-state index contributed by atoms with van der Waals surface area (Å²) in [5, 5.41) is 16.2. The Kier molecular flexibility index (Phi) is 7.57. The normalized spacial score (nSPS) is 10.5. The second-order valence-electron chi connectivity index (χ2n) is 7.64. The van der Waals surface area contributed by atoms with Gasteiger partial charge in [-0.2, -0.15) is 10.4 Å². The molecule has 0 atom stereocenters. The largest absolute Gasteiger partial charge is 0.351 e. The molecule has 1 N–H and O–H groups in total. The van der Waals surface area contributed by atoms with Gasteiger partial charge < -0.3 is 5.32 Å². The Hall–Kier alpha value is -3.82. The van der Waals surface area contributed by atoms with E-state index in [0.717, 1.165) is 34.6 Å². The molecule has 4 aromatic rings. The van der Waals surface area contributed by atoms with Gasteiger partial charge in [-0.15, -0.1) is 11.8 Å². The number of nitriles is 1. The van der Waals surface area contributed by atoms with Crippen LogP contribution >= 0.6 is 11.8 Å². The molecule has 0 aliphatic carbocycles. The Bertz CT molecular complexity index is 1230. The number of benzene rings is 3. The summed E-state index contributed by atoms with van der Waals surface area (Å²) >= 11 is 1.56. The van der Waals surface area contributed by atoms with Crippen molar-refractivity contribution in [2.24, 2.45) is 0 Å². The molecule has 33 heavy (non-hydrogen) atoms. The number of nitrogens with zero attached hydrogens (tertiary/aromatic N) is 3. The summed E-state index contributed by atoms with van der Waals surface area (Å²) in [5.41, 5.74) is 6.27. The van der Waals surface area contributed by atoms with E-state index in [9.17, 15) is 4.79 Å². The van der Waals surface area contributed by atoms with Gasteiger partial charge in [0.2, 0.25) is 5.91 Å². The van der Waals surface area contributed by atoms with E-state index in [-0.39, 0.29) is 5.91 Å². The molecule has 1 aromatic heterocycles. The van der Waals surface area contributed by atoms with E-state index in [1.807, 2.05) is 41.2 Å². The molecule has 4 rings (SSSR count). The minimum atomic E-state index is 0.0121. The van der Waals surface area contributed by atoms with Gasteiger partial charge in [-0.3, -0.25) is 9.48 Å². The number of nitrogens with one attached hydrogen (secondary N) is 1. The lowest BCUT2D eigenvalue weighted by Crippen LogP contribution is -2.24. The summed E-state index contributed by atoms with van der Waals surface area (Å²) < 4.78 is 1.90. The van der Waals surface area contributed by atoms with Crippen molar-refractivity contribution in [1.82, 2.24) is 15.1 Å². The molecule has 0 aliphatic heterocycles. The first-order chi connectivity index (χ1) is 16.2. The molecule has 0 unspecified atom stereocenters. The number of thioether (sulfide) groups is 1. The van der Waals surface area contributed by atoms with Crippen LogP contribution in [-0.4, -0.2) is 21.4 Å². The fourth-order valence-electron chi connectivity index (χ4n) is 3.51. The maximum atomic E-state index is 12.4. The highest BCUT2D eigenvalue weighted by Crippen LogP contribution is 2.24. The summed E-state index contributed by atoms with van der Waals surface area (Å²) in [5.74, 6) is 1.14. The molecule has 0 aliphatic rings. The smallest absolute Gasteiger partial charge is 0.230 e. The first-order valence-electron chi connectivity index (χ1n) is 10.7. The first-order valence-corrected chi connectivity index (χ1v) is 11.8. The molecule has 0 saturated heterocycles. The highest BCUT2D eigenvalue weighted by atomic mass is 32.2. The first kappa shape index (κ1) is 22.4. The van der Waals surface area contributed by atoms with Gasteiger partial charge in [-0.25, -0.2) is 0 Å². The lowest BCUT2D eigenvalue weighted by Gasteiger charge is -2.12. The number of hydrogen-bond acceptors (Lipinski definition) is 4. The maximum Gasteiger partial charge on any atom is 0.230 e. The van der Waals surface area contributed by atoms with Crippen molar-refractivity contribution in [3.8, 4) is 17.2 Å². The van der Waals surface area contributed by atoms with Crippen LogP contribution < -0.4 is 5.32 Å². The lowest BCUT2D eigenvalue weighted by molar-refractivity contribution is -0.118. The van der Waals surface area contributed by atoms with Crippen LogP contribution in [0.4, 0.5) is 0 Å². The van der Waals surface area contributed by atoms with E-state index in [1.54, 1.807) is 30.1 Å². The minimum absolute atomic E-state index is 0.0121. The summed E-state index contributed by atoms with van der Waals surface area (Å²) in [7, 11) is 0. The number of rotatable bonds is 9. The van der Waals surface area contributed by atoms with Crippen molar-refractivity contribution in [1.29, 1.82) is 5.26 Å². The third-order valence-electron chi connectivity index (χ3n) is 5.25. The van der Waals surface area contributed by atoms with Gasteiger partial charge in [0, 0.05) is 24.7 Å². The van der Waals surface area contributed by atoms with Crippen LogP contribution in [0.2, 0.25) is 0 Å². The Labute approximate surface area is 198 Å². The fourth-order valence-corrected chi connectivity index (χ4v) is 4.33. The number of hydrogen-bond donors (Lipinski definition) is 1. The second-order valence-corrected chi connectivity index (χ2v) is 8.62. The Morgan fingerprint density at radius 2 is 1.73 bits per heavy atom. The van der Waals surface area contributed by atoms with Crippen molar-refractivity contribution in [3.05, 3.63) is 114 Å². The van der Waals surface area contributed by atoms with Crippen LogP contribution in [0.25, 0.3) is 11.1 Å². The van der Waals surface area contributed by atoms with Gasteiger partial charge in [-0.05, 0) is 46.0 Å². The standard InChI is InChI=1S/C27H24N4OS/c28-16-21-6-8-23(9-7-21)19-33-20-27(32)29-17-25-4-1-2-5-26(25)24-12-10-22(11-13-24)18-31-15-3-14-30-31/h1-15H,17-20H2,(H,29,32). The van der Waals surface area contributed by atoms with Gasteiger partial charge in [0.1, 0.15) is 0 Å². The molecule has 1 heterocycles. The third-order valence-corrected chi connectivity index (χ3v) is 6.25. The molecule has 164 valence electrons. The van der Waals surface area contributed by atoms with Crippen LogP contribution in [-0.2, 0) is 23.6 Å². The van der Waals surface area contributed by atoms with Crippen LogP contribution in [0.3, 0.4) is 0 Å². The maximum absolute atomic E-state index is 12.4. The van der Waals surface area contributed by atoms with Gasteiger partial charge in [0.15, 0.2) is 0 Å². The molecule has 1 amide bonds. The quantitative estimate of drug-likeness (QED) is 0.387. The highest BCUT2D eigenvalue weighted by Gasteiger charge is 2.08. The number of amides is 1. The lowest BCUT2D eigenvalue weighted by atomic mass is 9.98. The monoisotopic (exact) mass is 452 g/mol. The Morgan fingerprint density at radius 3 is 2.45 bits per heavy atom. The zero-order valence-electron chi connectivity index (χ0n) is 18.1. The number of carbonyl (C=O) groups is 1. The topological polar surface area (TPSA) is 70.7 Å². The summed E-state index contributed by atoms with van der Waals surface area (Å²) in [6.45, 7) is 1.23. The molecular weight excluding hydrogens is 428 g/mol. The van der Waals surface area contributed by atoms with Gasteiger partial charge >= 0.3 is 0 Å². The van der Waals surface area contributed by atoms with E-state index in [0.29, 0.717) is 17.9 Å². The average molecular weight is 453 g/mol. The zero-order valence-corrected chi connectivity index (χ0v) is 19.0. The Balaban J connectivity index is 1.30. The van der Waals surface area contributed by atoms with E-state index < -0.39 is 0 Å². The predicted octanol–water partition coefficient (Wildman–Crippen LogP) is 5.02. The minimum Gasteiger partial charge on any atom is -0.351 e. The molecule has 0 fully saturated rings. The molecule has 0 saturated carbocycles. The Morgan fingerprint density at radius 1 is 0.970 bits per heavy atom. The molecule has 0 radical (unpaired) electrons. The summed E-state index contributed by atoms with van der Waals surface area (Å²) in [6, 6.07) is 28.1. The van der Waals surface area contributed by atoms with Crippen molar-refractivity contribution >= 4 is 17.7 Å². The van der Waals surface area contributed by atoms with Gasteiger partial charge in [0.25, 0.3) is 0 Å². The van der Waals surface area contributed by atoms with Crippen LogP contribution in [0.15, 0.2) is 91.3 Å². The van der Waals surface area contributed by atoms with Crippen molar-refractivity contribution in [2.45, 2.75) is 18.8 Å². The predicted molar refractivity (Wildman–Crippen MR) is 132 cm³/mol. The summed E-state index contributed by atoms with van der Waals surface area (Å²) in [6.07, 6.45) is 3.74. The van der Waals surface area contributed by atoms with Gasteiger partial charge in [0.05, 0.1) is 23.9 Å². The van der Waals surface area contributed by atoms with Crippen molar-refractivity contribution < 1.29 is 4.79 Å². The SMILES string of the molecule is N#Cc1ccc(CSCC(=O)NCc2ccccc2-c2ccc(Cn3cccn3)cc2)cc1. The molecule has 5 nitrogen and oxygen atoms in total. The number of aromatic nitrogens is 2. The van der Waals surface area contributed by atoms with Crippen molar-refractivity contribution in [3.63, 3.8) is 0 Å². The summed E-state index contributed by atoms with van der Waals surface area (Å²) in [4.78, 5) is 12.4. The third kappa shape index (κ3) is 6.34.